The monoisotopic (exact) mass is 343 g/mol. The second kappa shape index (κ2) is 8.14. The SMILES string of the molecule is C=Cc1cc(-c2cnco2)ccc1NC(=O)C(CC(C)C)NC(=O)O. The minimum absolute atomic E-state index is 0.162. The average Bonchev–Trinajstić information content (AvgIpc) is 3.08. The Morgan fingerprint density at radius 2 is 2.16 bits per heavy atom. The second-order valence-electron chi connectivity index (χ2n) is 5.99. The fourth-order valence-corrected chi connectivity index (χ4v) is 2.43. The first-order valence-electron chi connectivity index (χ1n) is 7.86. The van der Waals surface area contributed by atoms with Crippen LogP contribution >= 0.6 is 0 Å². The van der Waals surface area contributed by atoms with Gasteiger partial charge in [0, 0.05) is 11.3 Å². The van der Waals surface area contributed by atoms with E-state index in [1.54, 1.807) is 24.4 Å². The lowest BCUT2D eigenvalue weighted by Crippen LogP contribution is -2.44. The van der Waals surface area contributed by atoms with Crippen LogP contribution in [-0.4, -0.2) is 28.1 Å². The summed E-state index contributed by atoms with van der Waals surface area (Å²) in [6, 6.07) is 4.49. The minimum Gasteiger partial charge on any atom is -0.465 e. The van der Waals surface area contributed by atoms with Gasteiger partial charge in [0.25, 0.3) is 0 Å². The Morgan fingerprint density at radius 1 is 1.40 bits per heavy atom. The van der Waals surface area contributed by atoms with Crippen LogP contribution in [0.1, 0.15) is 25.8 Å². The van der Waals surface area contributed by atoms with E-state index in [1.807, 2.05) is 19.9 Å². The number of oxazole rings is 1. The van der Waals surface area contributed by atoms with Gasteiger partial charge in [-0.3, -0.25) is 4.79 Å². The second-order valence-corrected chi connectivity index (χ2v) is 5.99. The van der Waals surface area contributed by atoms with E-state index in [-0.39, 0.29) is 5.92 Å². The third-order valence-corrected chi connectivity index (χ3v) is 3.57. The highest BCUT2D eigenvalue weighted by molar-refractivity contribution is 5.98. The zero-order valence-corrected chi connectivity index (χ0v) is 14.2. The topological polar surface area (TPSA) is 104 Å². The zero-order chi connectivity index (χ0) is 18.4. The van der Waals surface area contributed by atoms with Gasteiger partial charge in [0.1, 0.15) is 6.04 Å². The van der Waals surface area contributed by atoms with E-state index in [4.69, 9.17) is 9.52 Å². The van der Waals surface area contributed by atoms with E-state index >= 15 is 0 Å². The molecule has 7 heteroatoms. The van der Waals surface area contributed by atoms with Crippen LogP contribution in [0.25, 0.3) is 17.4 Å². The Bertz CT molecular complexity index is 754. The molecule has 1 aromatic heterocycles. The lowest BCUT2D eigenvalue weighted by Gasteiger charge is -2.19. The summed E-state index contributed by atoms with van der Waals surface area (Å²) in [6.45, 7) is 7.60. The van der Waals surface area contributed by atoms with E-state index in [0.717, 1.165) is 5.56 Å². The fourth-order valence-electron chi connectivity index (χ4n) is 2.43. The van der Waals surface area contributed by atoms with Gasteiger partial charge in [-0.2, -0.15) is 0 Å². The number of carboxylic acid groups (broad SMARTS) is 1. The van der Waals surface area contributed by atoms with Crippen molar-refractivity contribution < 1.29 is 19.1 Å². The Hall–Kier alpha value is -3.09. The molecule has 0 radical (unpaired) electrons. The third kappa shape index (κ3) is 4.94. The first-order valence-corrected chi connectivity index (χ1v) is 7.86. The summed E-state index contributed by atoms with van der Waals surface area (Å²) in [6.07, 6.45) is 3.71. The largest absolute Gasteiger partial charge is 0.465 e. The highest BCUT2D eigenvalue weighted by atomic mass is 16.4. The van der Waals surface area contributed by atoms with Gasteiger partial charge < -0.3 is 20.2 Å². The number of aromatic nitrogens is 1. The molecule has 0 fully saturated rings. The molecule has 0 spiro atoms. The first-order chi connectivity index (χ1) is 11.9. The molecule has 0 bridgehead atoms. The van der Waals surface area contributed by atoms with E-state index < -0.39 is 18.0 Å². The Balaban J connectivity index is 2.21. The summed E-state index contributed by atoms with van der Waals surface area (Å²) < 4.78 is 5.26. The highest BCUT2D eigenvalue weighted by Gasteiger charge is 2.22. The molecule has 1 atom stereocenters. The van der Waals surface area contributed by atoms with Crippen molar-refractivity contribution in [2.45, 2.75) is 26.3 Å². The van der Waals surface area contributed by atoms with Crippen LogP contribution in [-0.2, 0) is 4.79 Å². The van der Waals surface area contributed by atoms with Gasteiger partial charge in [0.05, 0.1) is 6.20 Å². The van der Waals surface area contributed by atoms with Crippen LogP contribution in [0.15, 0.2) is 41.8 Å². The predicted molar refractivity (Wildman–Crippen MR) is 95.1 cm³/mol. The first kappa shape index (κ1) is 18.3. The Kier molecular flexibility index (Phi) is 5.94. The van der Waals surface area contributed by atoms with E-state index in [2.05, 4.69) is 22.2 Å². The number of nitrogens with zero attached hydrogens (tertiary/aromatic N) is 1. The maximum absolute atomic E-state index is 12.5. The van der Waals surface area contributed by atoms with Crippen LogP contribution in [0.5, 0.6) is 0 Å². The zero-order valence-electron chi connectivity index (χ0n) is 14.2. The standard InChI is InChI=1S/C18H21N3O4/c1-4-12-8-13(16-9-19-10-25-16)5-6-14(12)20-17(22)15(7-11(2)3)21-18(23)24/h4-6,8-11,15,21H,1,7H2,2-3H3,(H,20,22)(H,23,24). The molecule has 1 aromatic carbocycles. The number of carbonyl (C=O) groups is 2. The Morgan fingerprint density at radius 3 is 2.72 bits per heavy atom. The number of amides is 2. The van der Waals surface area contributed by atoms with Gasteiger partial charge in [-0.15, -0.1) is 0 Å². The van der Waals surface area contributed by atoms with Gasteiger partial charge in [0.15, 0.2) is 12.2 Å². The number of hydrogen-bond donors (Lipinski definition) is 3. The van der Waals surface area contributed by atoms with Gasteiger partial charge >= 0.3 is 6.09 Å². The summed E-state index contributed by atoms with van der Waals surface area (Å²) >= 11 is 0. The van der Waals surface area contributed by atoms with E-state index in [1.165, 1.54) is 6.39 Å². The summed E-state index contributed by atoms with van der Waals surface area (Å²) in [5.41, 5.74) is 2.04. The molecule has 25 heavy (non-hydrogen) atoms. The van der Waals surface area contributed by atoms with E-state index in [0.29, 0.717) is 23.4 Å². The number of carbonyl (C=O) groups excluding carboxylic acids is 1. The van der Waals surface area contributed by atoms with Crippen molar-refractivity contribution in [1.29, 1.82) is 0 Å². The molecule has 3 N–H and O–H groups in total. The van der Waals surface area contributed by atoms with Crippen molar-refractivity contribution in [2.75, 3.05) is 5.32 Å². The molecule has 0 aliphatic heterocycles. The van der Waals surface area contributed by atoms with Crippen LogP contribution in [0, 0.1) is 5.92 Å². The molecule has 1 unspecified atom stereocenters. The molecular weight excluding hydrogens is 322 g/mol. The van der Waals surface area contributed by atoms with Gasteiger partial charge in [-0.25, -0.2) is 9.78 Å². The molecule has 132 valence electrons. The minimum atomic E-state index is -1.23. The van der Waals surface area contributed by atoms with Crippen molar-refractivity contribution >= 4 is 23.8 Å². The summed E-state index contributed by atoms with van der Waals surface area (Å²) in [5, 5.41) is 14.0. The normalized spacial score (nSPS) is 11.8. The molecule has 0 aliphatic carbocycles. The maximum atomic E-state index is 12.5. The van der Waals surface area contributed by atoms with Crippen LogP contribution < -0.4 is 10.6 Å². The molecule has 0 saturated carbocycles. The van der Waals surface area contributed by atoms with Crippen molar-refractivity contribution in [3.63, 3.8) is 0 Å². The molecule has 0 saturated heterocycles. The van der Waals surface area contributed by atoms with Crippen LogP contribution in [0.4, 0.5) is 10.5 Å². The predicted octanol–water partition coefficient (Wildman–Crippen LogP) is 3.61. The maximum Gasteiger partial charge on any atom is 0.405 e. The van der Waals surface area contributed by atoms with Crippen LogP contribution in [0.2, 0.25) is 0 Å². The number of nitrogens with one attached hydrogen (secondary N) is 2. The van der Waals surface area contributed by atoms with Crippen molar-refractivity contribution in [2.24, 2.45) is 5.92 Å². The third-order valence-electron chi connectivity index (χ3n) is 3.57. The molecule has 2 amide bonds. The molecule has 0 aliphatic rings. The molecular formula is C18H21N3O4. The van der Waals surface area contributed by atoms with Gasteiger partial charge in [-0.1, -0.05) is 26.5 Å². The number of hydrogen-bond acceptors (Lipinski definition) is 4. The summed E-state index contributed by atoms with van der Waals surface area (Å²) in [4.78, 5) is 27.3. The van der Waals surface area contributed by atoms with E-state index in [9.17, 15) is 9.59 Å². The smallest absolute Gasteiger partial charge is 0.405 e. The number of rotatable bonds is 7. The van der Waals surface area contributed by atoms with Gasteiger partial charge in [0.2, 0.25) is 5.91 Å². The quantitative estimate of drug-likeness (QED) is 0.712. The summed E-state index contributed by atoms with van der Waals surface area (Å²) in [5.74, 6) is 0.355. The average molecular weight is 343 g/mol. The van der Waals surface area contributed by atoms with Crippen LogP contribution in [0.3, 0.4) is 0 Å². The molecule has 1 heterocycles. The van der Waals surface area contributed by atoms with Crippen molar-refractivity contribution in [1.82, 2.24) is 10.3 Å². The number of benzene rings is 1. The van der Waals surface area contributed by atoms with Crippen molar-refractivity contribution in [3.8, 4) is 11.3 Å². The molecule has 2 aromatic rings. The lowest BCUT2D eigenvalue weighted by atomic mass is 10.0. The number of anilines is 1. The molecule has 2 rings (SSSR count). The van der Waals surface area contributed by atoms with Crippen molar-refractivity contribution in [3.05, 3.63) is 42.9 Å². The molecule has 7 nitrogen and oxygen atoms in total. The summed E-state index contributed by atoms with van der Waals surface area (Å²) in [7, 11) is 0. The highest BCUT2D eigenvalue weighted by Crippen LogP contribution is 2.26. The fraction of sp³-hybridized carbons (Fsp3) is 0.278. The lowest BCUT2D eigenvalue weighted by molar-refractivity contribution is -0.118. The Labute approximate surface area is 145 Å². The van der Waals surface area contributed by atoms with Gasteiger partial charge in [-0.05, 0) is 36.1 Å².